The predicted molar refractivity (Wildman–Crippen MR) is 63.6 cm³/mol. The van der Waals surface area contributed by atoms with E-state index < -0.39 is 41.9 Å². The number of aliphatic hydroxyl groups is 6. The molecular formula is C12H15NO7. The Kier molecular flexibility index (Phi) is 3.87. The summed E-state index contributed by atoms with van der Waals surface area (Å²) in [7, 11) is 0. The zero-order valence-corrected chi connectivity index (χ0v) is 10.2. The van der Waals surface area contributed by atoms with Gasteiger partial charge in [0.2, 0.25) is 5.78 Å². The van der Waals surface area contributed by atoms with Gasteiger partial charge in [-0.25, -0.2) is 0 Å². The highest BCUT2D eigenvalue weighted by molar-refractivity contribution is 6.03. The highest BCUT2D eigenvalue weighted by Crippen LogP contribution is 2.33. The molecule has 0 amide bonds. The largest absolute Gasteiger partial charge is 0.387 e. The summed E-state index contributed by atoms with van der Waals surface area (Å²) in [6.45, 7) is 0. The number of hydrogen-bond donors (Lipinski definition) is 6. The number of pyridine rings is 1. The molecule has 1 heterocycles. The van der Waals surface area contributed by atoms with Crippen LogP contribution < -0.4 is 0 Å². The summed E-state index contributed by atoms with van der Waals surface area (Å²) < 4.78 is 0. The van der Waals surface area contributed by atoms with Crippen LogP contribution in [0.3, 0.4) is 0 Å². The molecule has 0 bridgehead atoms. The van der Waals surface area contributed by atoms with Crippen molar-refractivity contribution in [1.29, 1.82) is 0 Å². The molecule has 0 aromatic carbocycles. The van der Waals surface area contributed by atoms with E-state index in [9.17, 15) is 35.4 Å². The van der Waals surface area contributed by atoms with Crippen molar-refractivity contribution >= 4 is 5.78 Å². The second-order valence-corrected chi connectivity index (χ2v) is 4.76. The number of rotatable bonds is 2. The third-order valence-electron chi connectivity index (χ3n) is 3.54. The first-order valence-electron chi connectivity index (χ1n) is 5.89. The maximum absolute atomic E-state index is 12.2. The van der Waals surface area contributed by atoms with Crippen molar-refractivity contribution in [1.82, 2.24) is 4.98 Å². The van der Waals surface area contributed by atoms with Crippen LogP contribution in [0.25, 0.3) is 0 Å². The van der Waals surface area contributed by atoms with Crippen LogP contribution in [0.5, 0.6) is 0 Å². The minimum Gasteiger partial charge on any atom is -0.387 e. The lowest BCUT2D eigenvalue weighted by molar-refractivity contribution is -0.248. The van der Waals surface area contributed by atoms with Crippen molar-refractivity contribution in [3.8, 4) is 0 Å². The van der Waals surface area contributed by atoms with Crippen LogP contribution in [0.15, 0.2) is 24.5 Å². The zero-order chi connectivity index (χ0) is 15.1. The number of Topliss-reactive ketones (excluding diaryl/α,β-unsaturated/α-hetero) is 1. The Morgan fingerprint density at radius 3 is 2.05 bits per heavy atom. The molecule has 8 nitrogen and oxygen atoms in total. The van der Waals surface area contributed by atoms with E-state index in [1.165, 1.54) is 18.3 Å². The smallest absolute Gasteiger partial charge is 0.201 e. The van der Waals surface area contributed by atoms with E-state index in [-0.39, 0.29) is 5.56 Å². The molecule has 1 aromatic heterocycles. The van der Waals surface area contributed by atoms with E-state index in [4.69, 9.17) is 0 Å². The third kappa shape index (κ3) is 2.03. The van der Waals surface area contributed by atoms with Gasteiger partial charge in [0.25, 0.3) is 0 Å². The molecule has 2 unspecified atom stereocenters. The average Bonchev–Trinajstić information content (AvgIpc) is 2.49. The number of hydrogen-bond acceptors (Lipinski definition) is 8. The summed E-state index contributed by atoms with van der Waals surface area (Å²) in [6.07, 6.45) is -7.71. The number of aliphatic hydroxyl groups excluding tert-OH is 5. The van der Waals surface area contributed by atoms with Gasteiger partial charge in [-0.2, -0.15) is 0 Å². The van der Waals surface area contributed by atoms with Gasteiger partial charge in [0.05, 0.1) is 0 Å². The van der Waals surface area contributed by atoms with Crippen LogP contribution in [0, 0.1) is 0 Å². The van der Waals surface area contributed by atoms with Crippen LogP contribution in [0.2, 0.25) is 0 Å². The fraction of sp³-hybridized carbons (Fsp3) is 0.500. The molecule has 6 atom stereocenters. The molecule has 1 aliphatic carbocycles. The fourth-order valence-corrected chi connectivity index (χ4v) is 2.27. The van der Waals surface area contributed by atoms with E-state index in [0.29, 0.717) is 0 Å². The van der Waals surface area contributed by atoms with E-state index in [2.05, 4.69) is 4.98 Å². The highest BCUT2D eigenvalue weighted by atomic mass is 16.4. The van der Waals surface area contributed by atoms with Crippen LogP contribution in [0.4, 0.5) is 0 Å². The summed E-state index contributed by atoms with van der Waals surface area (Å²) in [5, 5.41) is 58.5. The van der Waals surface area contributed by atoms with Crippen LogP contribution in [0.1, 0.15) is 10.4 Å². The summed E-state index contributed by atoms with van der Waals surface area (Å²) in [5.74, 6) is -1.12. The lowest BCUT2D eigenvalue weighted by Crippen LogP contribution is -2.73. The molecule has 1 fully saturated rings. The van der Waals surface area contributed by atoms with Gasteiger partial charge < -0.3 is 30.6 Å². The number of ketones is 1. The summed E-state index contributed by atoms with van der Waals surface area (Å²) >= 11 is 0. The number of nitrogens with zero attached hydrogens (tertiary/aromatic N) is 1. The Bertz CT molecular complexity index is 478. The van der Waals surface area contributed by atoms with Crippen molar-refractivity contribution in [3.05, 3.63) is 30.1 Å². The second-order valence-electron chi connectivity index (χ2n) is 4.76. The Hall–Kier alpha value is -1.42. The monoisotopic (exact) mass is 285 g/mol. The molecular weight excluding hydrogens is 270 g/mol. The fourth-order valence-electron chi connectivity index (χ4n) is 2.27. The van der Waals surface area contributed by atoms with Gasteiger partial charge in [-0.3, -0.25) is 9.78 Å². The molecule has 0 radical (unpaired) electrons. The summed E-state index contributed by atoms with van der Waals surface area (Å²) in [6, 6.07) is 2.69. The van der Waals surface area contributed by atoms with E-state index in [1.54, 1.807) is 0 Å². The molecule has 110 valence electrons. The van der Waals surface area contributed by atoms with Crippen molar-refractivity contribution < 1.29 is 35.4 Å². The lowest BCUT2D eigenvalue weighted by Gasteiger charge is -2.46. The second kappa shape index (κ2) is 5.17. The Labute approximate surface area is 113 Å². The maximum Gasteiger partial charge on any atom is 0.201 e. The van der Waals surface area contributed by atoms with E-state index in [0.717, 1.165) is 6.20 Å². The summed E-state index contributed by atoms with van der Waals surface area (Å²) in [4.78, 5) is 15.9. The van der Waals surface area contributed by atoms with Crippen molar-refractivity contribution in [3.63, 3.8) is 0 Å². The highest BCUT2D eigenvalue weighted by Gasteiger charge is 2.61. The van der Waals surface area contributed by atoms with E-state index in [1.807, 2.05) is 0 Å². The molecule has 1 saturated carbocycles. The SMILES string of the molecule is O=C(c1cccnc1)C1(O)[C@H](O)[C@H](O)C(O)[C@H](O)[C@H]1O. The van der Waals surface area contributed by atoms with Gasteiger partial charge in [-0.15, -0.1) is 0 Å². The third-order valence-corrected chi connectivity index (χ3v) is 3.54. The topological polar surface area (TPSA) is 151 Å². The molecule has 0 aliphatic heterocycles. The number of carbonyl (C=O) groups excluding carboxylic acids is 1. The first-order chi connectivity index (χ1) is 9.31. The predicted octanol–water partition coefficient (Wildman–Crippen LogP) is -3.19. The molecule has 0 spiro atoms. The van der Waals surface area contributed by atoms with Gasteiger partial charge >= 0.3 is 0 Å². The van der Waals surface area contributed by atoms with Crippen LogP contribution >= 0.6 is 0 Å². The number of aromatic nitrogens is 1. The maximum atomic E-state index is 12.2. The zero-order valence-electron chi connectivity index (χ0n) is 10.2. The van der Waals surface area contributed by atoms with Crippen molar-refractivity contribution in [2.45, 2.75) is 36.1 Å². The van der Waals surface area contributed by atoms with Crippen LogP contribution in [-0.2, 0) is 0 Å². The first kappa shape index (κ1) is 15.0. The Balaban J connectivity index is 2.43. The minimum atomic E-state index is -2.85. The molecule has 1 aliphatic rings. The van der Waals surface area contributed by atoms with Crippen LogP contribution in [-0.4, -0.2) is 77.5 Å². The molecule has 8 heteroatoms. The molecule has 1 aromatic rings. The standard InChI is InChI=1S/C12H15NO7/c14-6-7(15)10(18)12(20,11(19)8(6)16)9(17)5-2-1-3-13-4-5/h1-4,6-8,10-11,14-16,18-20H/t6?,7-,8+,10-,11-,12?/m1/s1. The van der Waals surface area contributed by atoms with Crippen molar-refractivity contribution in [2.75, 3.05) is 0 Å². The number of carbonyl (C=O) groups is 1. The molecule has 2 rings (SSSR count). The normalized spacial score (nSPS) is 41.4. The first-order valence-corrected chi connectivity index (χ1v) is 5.89. The van der Waals surface area contributed by atoms with Gasteiger partial charge in [-0.05, 0) is 12.1 Å². The average molecular weight is 285 g/mol. The summed E-state index contributed by atoms with van der Waals surface area (Å²) in [5.41, 5.74) is -2.97. The van der Waals surface area contributed by atoms with Gasteiger partial charge in [0, 0.05) is 18.0 Å². The van der Waals surface area contributed by atoms with E-state index >= 15 is 0 Å². The van der Waals surface area contributed by atoms with Gasteiger partial charge in [-0.1, -0.05) is 0 Å². The minimum absolute atomic E-state index is 0.121. The van der Waals surface area contributed by atoms with Crippen molar-refractivity contribution in [2.24, 2.45) is 0 Å². The lowest BCUT2D eigenvalue weighted by atomic mass is 9.71. The van der Waals surface area contributed by atoms with Gasteiger partial charge in [0.1, 0.15) is 30.5 Å². The Morgan fingerprint density at radius 1 is 1.05 bits per heavy atom. The Morgan fingerprint density at radius 2 is 1.60 bits per heavy atom. The molecule has 6 N–H and O–H groups in total. The van der Waals surface area contributed by atoms with Gasteiger partial charge in [0.15, 0.2) is 5.60 Å². The molecule has 20 heavy (non-hydrogen) atoms. The quantitative estimate of drug-likeness (QED) is 0.311. The molecule has 0 saturated heterocycles.